The summed E-state index contributed by atoms with van der Waals surface area (Å²) in [5, 5.41) is 0. The van der Waals surface area contributed by atoms with E-state index in [2.05, 4.69) is 38.5 Å². The first-order valence-corrected chi connectivity index (χ1v) is 7.94. The summed E-state index contributed by atoms with van der Waals surface area (Å²) in [5.74, 6) is 2.80. The van der Waals surface area contributed by atoms with Crippen LogP contribution in [0.4, 0.5) is 0 Å². The zero-order valence-corrected chi connectivity index (χ0v) is 12.6. The predicted molar refractivity (Wildman–Crippen MR) is 81.9 cm³/mol. The van der Waals surface area contributed by atoms with E-state index in [0.29, 0.717) is 5.92 Å². The van der Waals surface area contributed by atoms with Crippen molar-refractivity contribution < 1.29 is 0 Å². The van der Waals surface area contributed by atoms with Crippen LogP contribution >= 0.6 is 0 Å². The van der Waals surface area contributed by atoms with Crippen LogP contribution in [0.25, 0.3) is 0 Å². The second-order valence-corrected chi connectivity index (χ2v) is 6.52. The summed E-state index contributed by atoms with van der Waals surface area (Å²) in [7, 11) is 0. The predicted octanol–water partition coefficient (Wildman–Crippen LogP) is 2.60. The summed E-state index contributed by atoms with van der Waals surface area (Å²) in [4.78, 5) is 11.5. The van der Waals surface area contributed by atoms with Crippen molar-refractivity contribution in [3.05, 3.63) is 47.8 Å². The van der Waals surface area contributed by atoms with Gasteiger partial charge in [-0.05, 0) is 37.8 Å². The molecule has 0 spiro atoms. The number of hydrogen-bond donors (Lipinski definition) is 0. The van der Waals surface area contributed by atoms with Crippen LogP contribution in [0.5, 0.6) is 0 Å². The Labute approximate surface area is 125 Å². The average Bonchev–Trinajstić information content (AvgIpc) is 3.21. The summed E-state index contributed by atoms with van der Waals surface area (Å²) >= 11 is 0. The van der Waals surface area contributed by atoms with Gasteiger partial charge in [-0.25, -0.2) is 4.98 Å². The minimum atomic E-state index is 0.598. The van der Waals surface area contributed by atoms with E-state index < -0.39 is 0 Å². The van der Waals surface area contributed by atoms with Crippen molar-refractivity contribution in [1.29, 1.82) is 0 Å². The third kappa shape index (κ3) is 2.72. The Bertz CT molecular complexity index is 609. The highest BCUT2D eigenvalue weighted by atomic mass is 15.2. The van der Waals surface area contributed by atoms with E-state index in [4.69, 9.17) is 0 Å². The molecule has 1 saturated carbocycles. The number of likely N-dealkylation sites (tertiary alicyclic amines) is 1. The standard InChI is InChI=1S/C17H22N4/c1-13-8-19-17(21(13)9-14-5-6-14)15-10-20(11-15)12-16-4-2-3-7-18-16/h2-4,7-8,14-15H,5-6,9-12H2,1H3. The quantitative estimate of drug-likeness (QED) is 0.845. The molecule has 1 aliphatic carbocycles. The number of rotatable bonds is 5. The van der Waals surface area contributed by atoms with E-state index >= 15 is 0 Å². The van der Waals surface area contributed by atoms with Crippen LogP contribution in [0.15, 0.2) is 30.6 Å². The molecule has 110 valence electrons. The third-order valence-electron chi connectivity index (χ3n) is 4.66. The molecule has 3 heterocycles. The van der Waals surface area contributed by atoms with E-state index in [-0.39, 0.29) is 0 Å². The zero-order chi connectivity index (χ0) is 14.2. The number of imidazole rings is 1. The number of hydrogen-bond acceptors (Lipinski definition) is 3. The molecular formula is C17H22N4. The molecule has 4 heteroatoms. The van der Waals surface area contributed by atoms with Crippen molar-refractivity contribution in [2.75, 3.05) is 13.1 Å². The first kappa shape index (κ1) is 13.0. The van der Waals surface area contributed by atoms with Gasteiger partial charge >= 0.3 is 0 Å². The second-order valence-electron chi connectivity index (χ2n) is 6.52. The highest BCUT2D eigenvalue weighted by molar-refractivity contribution is 5.14. The fraction of sp³-hybridized carbons (Fsp3) is 0.529. The third-order valence-corrected chi connectivity index (χ3v) is 4.66. The van der Waals surface area contributed by atoms with Crippen molar-refractivity contribution >= 4 is 0 Å². The summed E-state index contributed by atoms with van der Waals surface area (Å²) in [5.41, 5.74) is 2.48. The van der Waals surface area contributed by atoms with Gasteiger partial charge in [-0.2, -0.15) is 0 Å². The Balaban J connectivity index is 1.39. The maximum absolute atomic E-state index is 4.68. The van der Waals surface area contributed by atoms with Gasteiger partial charge in [0.05, 0.1) is 5.69 Å². The smallest absolute Gasteiger partial charge is 0.114 e. The molecule has 0 unspecified atom stereocenters. The van der Waals surface area contributed by atoms with Gasteiger partial charge in [-0.15, -0.1) is 0 Å². The maximum Gasteiger partial charge on any atom is 0.114 e. The van der Waals surface area contributed by atoms with Crippen molar-refractivity contribution in [3.63, 3.8) is 0 Å². The first-order valence-electron chi connectivity index (χ1n) is 7.94. The maximum atomic E-state index is 4.68. The minimum Gasteiger partial charge on any atom is -0.332 e. The van der Waals surface area contributed by atoms with Crippen molar-refractivity contribution in [3.8, 4) is 0 Å². The molecule has 4 rings (SSSR count). The van der Waals surface area contributed by atoms with Gasteiger partial charge in [-0.1, -0.05) is 6.07 Å². The van der Waals surface area contributed by atoms with E-state index in [1.807, 2.05) is 18.5 Å². The number of pyridine rings is 1. The number of nitrogens with zero attached hydrogens (tertiary/aromatic N) is 4. The van der Waals surface area contributed by atoms with Gasteiger partial charge in [0.1, 0.15) is 5.82 Å². The fourth-order valence-electron chi connectivity index (χ4n) is 3.18. The molecule has 1 aliphatic heterocycles. The molecule has 1 saturated heterocycles. The Hall–Kier alpha value is -1.68. The van der Waals surface area contributed by atoms with Crippen LogP contribution in [-0.4, -0.2) is 32.5 Å². The Morgan fingerprint density at radius 2 is 2.05 bits per heavy atom. The Morgan fingerprint density at radius 1 is 1.19 bits per heavy atom. The monoisotopic (exact) mass is 282 g/mol. The highest BCUT2D eigenvalue weighted by Crippen LogP contribution is 2.34. The van der Waals surface area contributed by atoms with Crippen LogP contribution in [0, 0.1) is 12.8 Å². The van der Waals surface area contributed by atoms with E-state index in [1.165, 1.54) is 30.9 Å². The molecule has 0 N–H and O–H groups in total. The summed E-state index contributed by atoms with van der Waals surface area (Å²) in [6.07, 6.45) is 6.71. The van der Waals surface area contributed by atoms with Crippen LogP contribution in [0.1, 0.15) is 36.0 Å². The molecule has 4 nitrogen and oxygen atoms in total. The molecule has 2 aromatic heterocycles. The zero-order valence-electron chi connectivity index (χ0n) is 12.6. The number of aryl methyl sites for hydroxylation is 1. The lowest BCUT2D eigenvalue weighted by Gasteiger charge is -2.38. The minimum absolute atomic E-state index is 0.598. The lowest BCUT2D eigenvalue weighted by Crippen LogP contribution is -2.45. The lowest BCUT2D eigenvalue weighted by atomic mass is 9.98. The molecule has 0 amide bonds. The van der Waals surface area contributed by atoms with Crippen molar-refractivity contribution in [2.45, 2.75) is 38.8 Å². The van der Waals surface area contributed by atoms with Crippen LogP contribution in [0.3, 0.4) is 0 Å². The lowest BCUT2D eigenvalue weighted by molar-refractivity contribution is 0.130. The summed E-state index contributed by atoms with van der Waals surface area (Å²) in [6.45, 7) is 6.54. The topological polar surface area (TPSA) is 34.0 Å². The first-order chi connectivity index (χ1) is 10.3. The van der Waals surface area contributed by atoms with Crippen molar-refractivity contribution in [1.82, 2.24) is 19.4 Å². The largest absolute Gasteiger partial charge is 0.332 e. The molecule has 0 bridgehead atoms. The molecular weight excluding hydrogens is 260 g/mol. The average molecular weight is 282 g/mol. The number of aromatic nitrogens is 3. The fourth-order valence-corrected chi connectivity index (χ4v) is 3.18. The van der Waals surface area contributed by atoms with Crippen LogP contribution < -0.4 is 0 Å². The normalized spacial score (nSPS) is 19.7. The Morgan fingerprint density at radius 3 is 2.76 bits per heavy atom. The molecule has 2 aliphatic rings. The summed E-state index contributed by atoms with van der Waals surface area (Å²) < 4.78 is 2.46. The molecule has 2 fully saturated rings. The van der Waals surface area contributed by atoms with E-state index in [9.17, 15) is 0 Å². The Kier molecular flexibility index (Phi) is 3.26. The molecule has 2 aromatic rings. The molecule has 0 atom stereocenters. The van der Waals surface area contributed by atoms with Gasteiger partial charge in [0.25, 0.3) is 0 Å². The van der Waals surface area contributed by atoms with Gasteiger partial charge in [0.15, 0.2) is 0 Å². The van der Waals surface area contributed by atoms with Crippen molar-refractivity contribution in [2.24, 2.45) is 5.92 Å². The van der Waals surface area contributed by atoms with E-state index in [1.54, 1.807) is 0 Å². The SMILES string of the molecule is Cc1cnc(C2CN(Cc3ccccn3)C2)n1CC1CC1. The van der Waals surface area contributed by atoms with Gasteiger partial charge in [-0.3, -0.25) is 9.88 Å². The van der Waals surface area contributed by atoms with Gasteiger partial charge < -0.3 is 4.57 Å². The molecule has 0 aromatic carbocycles. The molecule has 0 radical (unpaired) electrons. The second kappa shape index (κ2) is 5.26. The summed E-state index contributed by atoms with van der Waals surface area (Å²) in [6, 6.07) is 6.14. The van der Waals surface area contributed by atoms with Gasteiger partial charge in [0, 0.05) is 50.2 Å². The van der Waals surface area contributed by atoms with Crippen LogP contribution in [0.2, 0.25) is 0 Å². The van der Waals surface area contributed by atoms with Gasteiger partial charge in [0.2, 0.25) is 0 Å². The van der Waals surface area contributed by atoms with E-state index in [0.717, 1.165) is 31.2 Å². The molecule has 21 heavy (non-hydrogen) atoms. The highest BCUT2D eigenvalue weighted by Gasteiger charge is 2.33. The van der Waals surface area contributed by atoms with Crippen LogP contribution in [-0.2, 0) is 13.1 Å².